The number of ether oxygens (including phenoxy) is 1. The molecule has 0 spiro atoms. The number of rotatable bonds is 3. The summed E-state index contributed by atoms with van der Waals surface area (Å²) in [7, 11) is 1.70. The van der Waals surface area contributed by atoms with Gasteiger partial charge in [0.1, 0.15) is 5.75 Å². The first-order valence-corrected chi connectivity index (χ1v) is 5.38. The quantitative estimate of drug-likeness (QED) is 0.827. The van der Waals surface area contributed by atoms with Crippen LogP contribution in [0.4, 0.5) is 0 Å². The van der Waals surface area contributed by atoms with Crippen molar-refractivity contribution in [1.82, 2.24) is 0 Å². The smallest absolute Gasteiger partial charge is 0.122 e. The van der Waals surface area contributed by atoms with E-state index in [9.17, 15) is 0 Å². The van der Waals surface area contributed by atoms with Crippen LogP contribution in [0.5, 0.6) is 5.75 Å². The second-order valence-corrected chi connectivity index (χ2v) is 4.45. The molecule has 0 aliphatic rings. The van der Waals surface area contributed by atoms with Crippen LogP contribution in [-0.2, 0) is 0 Å². The number of nitrogens with two attached hydrogens (primary N) is 1. The molecule has 2 N–H and O–H groups in total. The third kappa shape index (κ3) is 2.51. The Bertz CT molecular complexity index is 345. The molecule has 2 nitrogen and oxygen atoms in total. The van der Waals surface area contributed by atoms with Gasteiger partial charge in [0, 0.05) is 6.04 Å². The highest BCUT2D eigenvalue weighted by molar-refractivity contribution is 5.42. The largest absolute Gasteiger partial charge is 0.496 e. The van der Waals surface area contributed by atoms with Gasteiger partial charge < -0.3 is 10.5 Å². The highest BCUT2D eigenvalue weighted by Gasteiger charge is 2.14. The number of benzene rings is 1. The van der Waals surface area contributed by atoms with Gasteiger partial charge in [-0.15, -0.1) is 0 Å². The predicted octanol–water partition coefficient (Wildman–Crippen LogP) is 2.97. The molecule has 0 heterocycles. The summed E-state index contributed by atoms with van der Waals surface area (Å²) in [4.78, 5) is 0. The Kier molecular flexibility index (Phi) is 3.75. The van der Waals surface area contributed by atoms with Crippen molar-refractivity contribution in [3.63, 3.8) is 0 Å². The second kappa shape index (κ2) is 4.67. The topological polar surface area (TPSA) is 35.2 Å². The van der Waals surface area contributed by atoms with Crippen LogP contribution < -0.4 is 10.5 Å². The maximum atomic E-state index is 6.16. The van der Waals surface area contributed by atoms with E-state index in [1.165, 1.54) is 11.1 Å². The average Bonchev–Trinajstić information content (AvgIpc) is 2.19. The van der Waals surface area contributed by atoms with E-state index < -0.39 is 0 Å². The summed E-state index contributed by atoms with van der Waals surface area (Å²) in [5.74, 6) is 1.39. The maximum absolute atomic E-state index is 6.16. The summed E-state index contributed by atoms with van der Waals surface area (Å²) in [6.07, 6.45) is 0. The van der Waals surface area contributed by atoms with Gasteiger partial charge in [0.25, 0.3) is 0 Å². The predicted molar refractivity (Wildman–Crippen MR) is 64.2 cm³/mol. The van der Waals surface area contributed by atoms with E-state index in [0.717, 1.165) is 11.3 Å². The van der Waals surface area contributed by atoms with Crippen LogP contribution in [0.1, 0.15) is 36.6 Å². The Morgan fingerprint density at radius 2 is 1.73 bits per heavy atom. The van der Waals surface area contributed by atoms with E-state index in [1.54, 1.807) is 7.11 Å². The van der Waals surface area contributed by atoms with Crippen LogP contribution in [0, 0.1) is 19.8 Å². The molecule has 1 rings (SSSR count). The zero-order valence-electron chi connectivity index (χ0n) is 10.3. The minimum Gasteiger partial charge on any atom is -0.496 e. The standard InChI is InChI=1S/C13H21NO/c1-8(2)13(14)11-6-10(4)12(15-5)7-9(11)3/h6-8,13H,14H2,1-5H3. The van der Waals surface area contributed by atoms with Crippen molar-refractivity contribution in [2.75, 3.05) is 7.11 Å². The van der Waals surface area contributed by atoms with Crippen LogP contribution in [0.3, 0.4) is 0 Å². The fourth-order valence-electron chi connectivity index (χ4n) is 1.75. The third-order valence-corrected chi connectivity index (χ3v) is 2.86. The number of aryl methyl sites for hydroxylation is 2. The highest BCUT2D eigenvalue weighted by atomic mass is 16.5. The van der Waals surface area contributed by atoms with Crippen molar-refractivity contribution >= 4 is 0 Å². The minimum absolute atomic E-state index is 0.106. The zero-order chi connectivity index (χ0) is 11.6. The van der Waals surface area contributed by atoms with Crippen molar-refractivity contribution in [3.8, 4) is 5.75 Å². The molecule has 1 aromatic carbocycles. The van der Waals surface area contributed by atoms with E-state index in [1.807, 2.05) is 0 Å². The molecule has 1 aromatic rings. The van der Waals surface area contributed by atoms with Crippen molar-refractivity contribution in [1.29, 1.82) is 0 Å². The summed E-state index contributed by atoms with van der Waals surface area (Å²) in [5, 5.41) is 0. The normalized spacial score (nSPS) is 13.0. The lowest BCUT2D eigenvalue weighted by Gasteiger charge is -2.20. The molecule has 84 valence electrons. The van der Waals surface area contributed by atoms with E-state index in [0.29, 0.717) is 5.92 Å². The van der Waals surface area contributed by atoms with Gasteiger partial charge in [-0.1, -0.05) is 19.9 Å². The maximum Gasteiger partial charge on any atom is 0.122 e. The zero-order valence-corrected chi connectivity index (χ0v) is 10.3. The molecule has 0 saturated heterocycles. The Hall–Kier alpha value is -1.02. The van der Waals surface area contributed by atoms with Gasteiger partial charge in [-0.2, -0.15) is 0 Å². The number of hydrogen-bond acceptors (Lipinski definition) is 2. The van der Waals surface area contributed by atoms with Gasteiger partial charge in [0.05, 0.1) is 7.11 Å². The molecule has 1 atom stereocenters. The SMILES string of the molecule is COc1cc(C)c(C(N)C(C)C)cc1C. The summed E-state index contributed by atoms with van der Waals surface area (Å²) < 4.78 is 5.28. The number of methoxy groups -OCH3 is 1. The van der Waals surface area contributed by atoms with Gasteiger partial charge in [0.15, 0.2) is 0 Å². The first kappa shape index (κ1) is 12.1. The van der Waals surface area contributed by atoms with Crippen LogP contribution >= 0.6 is 0 Å². The lowest BCUT2D eigenvalue weighted by molar-refractivity contribution is 0.410. The molecule has 0 fully saturated rings. The van der Waals surface area contributed by atoms with Gasteiger partial charge in [-0.25, -0.2) is 0 Å². The van der Waals surface area contributed by atoms with Crippen LogP contribution in [0.15, 0.2) is 12.1 Å². The molecular weight excluding hydrogens is 186 g/mol. The van der Waals surface area contributed by atoms with Gasteiger partial charge in [-0.3, -0.25) is 0 Å². The Morgan fingerprint density at radius 3 is 2.20 bits per heavy atom. The molecule has 0 bridgehead atoms. The molecule has 1 unspecified atom stereocenters. The van der Waals surface area contributed by atoms with E-state index >= 15 is 0 Å². The summed E-state index contributed by atoms with van der Waals surface area (Å²) >= 11 is 0. The van der Waals surface area contributed by atoms with Crippen LogP contribution in [-0.4, -0.2) is 7.11 Å². The molecule has 0 aliphatic heterocycles. The molecule has 0 amide bonds. The van der Waals surface area contributed by atoms with E-state index in [4.69, 9.17) is 10.5 Å². The van der Waals surface area contributed by atoms with E-state index in [-0.39, 0.29) is 6.04 Å². The molecule has 0 aromatic heterocycles. The Balaban J connectivity index is 3.15. The third-order valence-electron chi connectivity index (χ3n) is 2.86. The fraction of sp³-hybridized carbons (Fsp3) is 0.538. The lowest BCUT2D eigenvalue weighted by Crippen LogP contribution is -2.18. The fourth-order valence-corrected chi connectivity index (χ4v) is 1.75. The molecule has 0 radical (unpaired) electrons. The van der Waals surface area contributed by atoms with Crippen molar-refractivity contribution in [2.24, 2.45) is 11.7 Å². The lowest BCUT2D eigenvalue weighted by atomic mass is 9.92. The van der Waals surface area contributed by atoms with E-state index in [2.05, 4.69) is 39.8 Å². The van der Waals surface area contributed by atoms with Crippen molar-refractivity contribution < 1.29 is 4.74 Å². The molecular formula is C13H21NO. The number of hydrogen-bond donors (Lipinski definition) is 1. The first-order chi connectivity index (χ1) is 6.97. The van der Waals surface area contributed by atoms with Gasteiger partial charge in [0.2, 0.25) is 0 Å². The summed E-state index contributed by atoms with van der Waals surface area (Å²) in [6.45, 7) is 8.42. The van der Waals surface area contributed by atoms with Crippen molar-refractivity contribution in [2.45, 2.75) is 33.7 Å². The second-order valence-electron chi connectivity index (χ2n) is 4.45. The molecule has 0 aliphatic carbocycles. The molecule has 0 saturated carbocycles. The minimum atomic E-state index is 0.106. The Morgan fingerprint density at radius 1 is 1.13 bits per heavy atom. The average molecular weight is 207 g/mol. The van der Waals surface area contributed by atoms with Crippen LogP contribution in [0.25, 0.3) is 0 Å². The first-order valence-electron chi connectivity index (χ1n) is 5.38. The van der Waals surface area contributed by atoms with Gasteiger partial charge >= 0.3 is 0 Å². The van der Waals surface area contributed by atoms with Gasteiger partial charge in [-0.05, 0) is 42.5 Å². The van der Waals surface area contributed by atoms with Crippen molar-refractivity contribution in [3.05, 3.63) is 28.8 Å². The summed E-state index contributed by atoms with van der Waals surface area (Å²) in [6, 6.07) is 4.31. The molecule has 2 heteroatoms. The monoisotopic (exact) mass is 207 g/mol. The van der Waals surface area contributed by atoms with Crippen LogP contribution in [0.2, 0.25) is 0 Å². The molecule has 15 heavy (non-hydrogen) atoms. The highest BCUT2D eigenvalue weighted by Crippen LogP contribution is 2.28. The summed E-state index contributed by atoms with van der Waals surface area (Å²) in [5.41, 5.74) is 9.74. The Labute approximate surface area is 92.4 Å².